The lowest BCUT2D eigenvalue weighted by atomic mass is 9.99. The number of aromatic nitrogens is 4. The molecule has 0 spiro atoms. The van der Waals surface area contributed by atoms with Gasteiger partial charge in [0.15, 0.2) is 5.76 Å². The highest BCUT2D eigenvalue weighted by Gasteiger charge is 2.24. The van der Waals surface area contributed by atoms with E-state index in [1.54, 1.807) is 6.20 Å². The topological polar surface area (TPSA) is 60.0 Å². The molecule has 0 amide bonds. The molecular weight excluding hydrogens is 326 g/mol. The van der Waals surface area contributed by atoms with Gasteiger partial charge in [-0.3, -0.25) is 9.88 Å². The van der Waals surface area contributed by atoms with Crippen LogP contribution in [0.1, 0.15) is 37.3 Å². The molecule has 6 nitrogen and oxygen atoms in total. The van der Waals surface area contributed by atoms with Gasteiger partial charge in [-0.15, -0.1) is 0 Å². The summed E-state index contributed by atoms with van der Waals surface area (Å²) in [7, 11) is 0. The van der Waals surface area contributed by atoms with E-state index in [9.17, 15) is 0 Å². The molecule has 0 aromatic carbocycles. The molecule has 1 atom stereocenters. The molecule has 0 unspecified atom stereocenters. The number of aryl methyl sites for hydroxylation is 2. The van der Waals surface area contributed by atoms with Gasteiger partial charge in [0.25, 0.3) is 0 Å². The Hall–Kier alpha value is -2.47. The standard InChI is InChI=1S/C20H25N5O/c1-16-21-10-13-24(16)12-8-17-6-3-5-11-25(17)15-18-14-20(23-26-18)19-7-2-4-9-22-19/h2,4,7,9-10,13-14,17H,3,5-6,8,11-12,15H2,1H3/t17-/m0/s1. The van der Waals surface area contributed by atoms with Gasteiger partial charge in [-0.2, -0.15) is 0 Å². The summed E-state index contributed by atoms with van der Waals surface area (Å²) in [5, 5.41) is 4.20. The van der Waals surface area contributed by atoms with Crippen molar-refractivity contribution in [3.8, 4) is 11.4 Å². The van der Waals surface area contributed by atoms with Gasteiger partial charge in [-0.05, 0) is 44.9 Å². The van der Waals surface area contributed by atoms with E-state index in [0.717, 1.165) is 49.0 Å². The average Bonchev–Trinajstić information content (AvgIpc) is 3.31. The highest BCUT2D eigenvalue weighted by molar-refractivity contribution is 5.52. The molecule has 26 heavy (non-hydrogen) atoms. The predicted molar refractivity (Wildman–Crippen MR) is 99.4 cm³/mol. The second-order valence-electron chi connectivity index (χ2n) is 6.97. The number of rotatable bonds is 6. The van der Waals surface area contributed by atoms with Crippen LogP contribution in [0.25, 0.3) is 11.4 Å². The van der Waals surface area contributed by atoms with Crippen LogP contribution in [0.5, 0.6) is 0 Å². The van der Waals surface area contributed by atoms with Gasteiger partial charge in [0.1, 0.15) is 11.5 Å². The fourth-order valence-electron chi connectivity index (χ4n) is 3.75. The first-order valence-electron chi connectivity index (χ1n) is 9.38. The molecule has 0 bridgehead atoms. The zero-order chi connectivity index (χ0) is 17.8. The molecule has 0 radical (unpaired) electrons. The summed E-state index contributed by atoms with van der Waals surface area (Å²) in [6.07, 6.45) is 10.7. The Balaban J connectivity index is 1.40. The van der Waals surface area contributed by atoms with Gasteiger partial charge in [0.05, 0.1) is 12.2 Å². The van der Waals surface area contributed by atoms with Crippen molar-refractivity contribution in [1.82, 2.24) is 24.6 Å². The van der Waals surface area contributed by atoms with Crippen molar-refractivity contribution in [1.29, 1.82) is 0 Å². The minimum atomic E-state index is 0.578. The Morgan fingerprint density at radius 1 is 1.15 bits per heavy atom. The predicted octanol–water partition coefficient (Wildman–Crippen LogP) is 3.69. The van der Waals surface area contributed by atoms with Crippen molar-refractivity contribution < 1.29 is 4.52 Å². The van der Waals surface area contributed by atoms with Crippen LogP contribution in [-0.2, 0) is 13.1 Å². The smallest absolute Gasteiger partial charge is 0.151 e. The fourth-order valence-corrected chi connectivity index (χ4v) is 3.75. The van der Waals surface area contributed by atoms with E-state index in [-0.39, 0.29) is 0 Å². The molecule has 6 heteroatoms. The summed E-state index contributed by atoms with van der Waals surface area (Å²) in [5.41, 5.74) is 1.66. The highest BCUT2D eigenvalue weighted by atomic mass is 16.5. The molecule has 4 rings (SSSR count). The number of hydrogen-bond acceptors (Lipinski definition) is 5. The van der Waals surface area contributed by atoms with Crippen LogP contribution < -0.4 is 0 Å². The second-order valence-corrected chi connectivity index (χ2v) is 6.97. The summed E-state index contributed by atoms with van der Waals surface area (Å²) < 4.78 is 7.83. The van der Waals surface area contributed by atoms with Gasteiger partial charge in [0.2, 0.25) is 0 Å². The first-order chi connectivity index (χ1) is 12.8. The average molecular weight is 351 g/mol. The molecule has 1 fully saturated rings. The first kappa shape index (κ1) is 17.0. The number of imidazole rings is 1. The SMILES string of the molecule is Cc1nccn1CC[C@@H]1CCCCN1Cc1cc(-c2ccccn2)no1. The molecule has 1 aliphatic heterocycles. The van der Waals surface area contributed by atoms with E-state index >= 15 is 0 Å². The number of pyridine rings is 1. The van der Waals surface area contributed by atoms with E-state index < -0.39 is 0 Å². The minimum Gasteiger partial charge on any atom is -0.359 e. The molecule has 0 aliphatic carbocycles. The quantitative estimate of drug-likeness (QED) is 0.678. The molecular formula is C20H25N5O. The zero-order valence-electron chi connectivity index (χ0n) is 15.2. The molecule has 1 saturated heterocycles. The Bertz CT molecular complexity index is 826. The minimum absolute atomic E-state index is 0.578. The van der Waals surface area contributed by atoms with E-state index in [1.807, 2.05) is 30.5 Å². The van der Waals surface area contributed by atoms with Crippen molar-refractivity contribution >= 4 is 0 Å². The molecule has 0 saturated carbocycles. The molecule has 3 aromatic rings. The van der Waals surface area contributed by atoms with Crippen LogP contribution in [0.4, 0.5) is 0 Å². The van der Waals surface area contributed by atoms with Gasteiger partial charge >= 0.3 is 0 Å². The van der Waals surface area contributed by atoms with E-state index in [2.05, 4.69) is 37.7 Å². The van der Waals surface area contributed by atoms with Crippen LogP contribution in [0.2, 0.25) is 0 Å². The summed E-state index contributed by atoms with van der Waals surface area (Å²) in [4.78, 5) is 11.2. The monoisotopic (exact) mass is 351 g/mol. The van der Waals surface area contributed by atoms with E-state index in [0.29, 0.717) is 6.04 Å². The molecule has 0 N–H and O–H groups in total. The molecule has 1 aliphatic rings. The Morgan fingerprint density at radius 3 is 2.92 bits per heavy atom. The van der Waals surface area contributed by atoms with Crippen molar-refractivity contribution in [3.63, 3.8) is 0 Å². The second kappa shape index (κ2) is 7.83. The molecule has 136 valence electrons. The van der Waals surface area contributed by atoms with Crippen molar-refractivity contribution in [2.75, 3.05) is 6.54 Å². The third-order valence-electron chi connectivity index (χ3n) is 5.22. The maximum Gasteiger partial charge on any atom is 0.151 e. The number of hydrogen-bond donors (Lipinski definition) is 0. The van der Waals surface area contributed by atoms with Crippen LogP contribution in [0.15, 0.2) is 47.4 Å². The van der Waals surface area contributed by atoms with E-state index in [4.69, 9.17) is 4.52 Å². The van der Waals surface area contributed by atoms with Crippen molar-refractivity contribution in [3.05, 3.63) is 54.4 Å². The van der Waals surface area contributed by atoms with Gasteiger partial charge in [0, 0.05) is 37.2 Å². The number of piperidine rings is 1. The lowest BCUT2D eigenvalue weighted by molar-refractivity contribution is 0.116. The summed E-state index contributed by atoms with van der Waals surface area (Å²) in [6, 6.07) is 8.43. The van der Waals surface area contributed by atoms with Crippen LogP contribution in [0.3, 0.4) is 0 Å². The normalized spacial score (nSPS) is 18.3. The fraction of sp³-hybridized carbons (Fsp3) is 0.450. The lowest BCUT2D eigenvalue weighted by Gasteiger charge is -2.35. The Kier molecular flexibility index (Phi) is 5.11. The summed E-state index contributed by atoms with van der Waals surface area (Å²) in [5.74, 6) is 2.00. The van der Waals surface area contributed by atoms with Gasteiger partial charge in [-0.25, -0.2) is 4.98 Å². The lowest BCUT2D eigenvalue weighted by Crippen LogP contribution is -2.39. The highest BCUT2D eigenvalue weighted by Crippen LogP contribution is 2.24. The maximum absolute atomic E-state index is 5.59. The van der Waals surface area contributed by atoms with Crippen LogP contribution >= 0.6 is 0 Å². The largest absolute Gasteiger partial charge is 0.359 e. The number of likely N-dealkylation sites (tertiary alicyclic amines) is 1. The van der Waals surface area contributed by atoms with E-state index in [1.165, 1.54) is 19.3 Å². The summed E-state index contributed by atoms with van der Waals surface area (Å²) >= 11 is 0. The van der Waals surface area contributed by atoms with Gasteiger partial charge < -0.3 is 9.09 Å². The summed E-state index contributed by atoms with van der Waals surface area (Å²) in [6.45, 7) is 5.01. The van der Waals surface area contributed by atoms with Crippen LogP contribution in [-0.4, -0.2) is 37.2 Å². The third kappa shape index (κ3) is 3.85. The maximum atomic E-state index is 5.59. The van der Waals surface area contributed by atoms with Gasteiger partial charge in [-0.1, -0.05) is 17.6 Å². The number of nitrogens with zero attached hydrogens (tertiary/aromatic N) is 5. The molecule has 4 heterocycles. The van der Waals surface area contributed by atoms with Crippen molar-refractivity contribution in [2.24, 2.45) is 0 Å². The Labute approximate surface area is 153 Å². The first-order valence-corrected chi connectivity index (χ1v) is 9.38. The zero-order valence-corrected chi connectivity index (χ0v) is 15.2. The third-order valence-corrected chi connectivity index (χ3v) is 5.22. The molecule has 3 aromatic heterocycles. The van der Waals surface area contributed by atoms with Crippen LogP contribution in [0, 0.1) is 6.92 Å². The Morgan fingerprint density at radius 2 is 2.12 bits per heavy atom. The van der Waals surface area contributed by atoms with Crippen molar-refractivity contribution in [2.45, 2.75) is 51.7 Å².